The van der Waals surface area contributed by atoms with Crippen molar-refractivity contribution >= 4 is 13.8 Å². The molecule has 2 aliphatic rings. The number of phosphoric ester groups is 1. The first-order valence-corrected chi connectivity index (χ1v) is 15.0. The highest BCUT2D eigenvalue weighted by atomic mass is 31.2. The third-order valence-corrected chi connectivity index (χ3v) is 8.48. The largest absolute Gasteiger partial charge is 0.507 e. The Morgan fingerprint density at radius 3 is 2.46 bits per heavy atom. The SMILES string of the molecule is C=C(C)[C@@H]1CCC(C)=C[C@H]1c1c(O)cc(CCC)cc1OC(=O)C(OP(=O)(O)OC(C)C)C1CCCC1. The van der Waals surface area contributed by atoms with E-state index in [4.69, 9.17) is 13.8 Å². The van der Waals surface area contributed by atoms with Crippen LogP contribution in [0, 0.1) is 11.8 Å². The van der Waals surface area contributed by atoms with Crippen LogP contribution in [-0.4, -0.2) is 28.2 Å². The van der Waals surface area contributed by atoms with E-state index in [1.54, 1.807) is 26.0 Å². The van der Waals surface area contributed by atoms with Crippen LogP contribution in [0.5, 0.6) is 11.5 Å². The van der Waals surface area contributed by atoms with E-state index in [-0.39, 0.29) is 29.3 Å². The van der Waals surface area contributed by atoms with Gasteiger partial charge in [0.2, 0.25) is 0 Å². The van der Waals surface area contributed by atoms with E-state index in [2.05, 4.69) is 19.6 Å². The van der Waals surface area contributed by atoms with E-state index in [1.807, 2.05) is 13.8 Å². The number of phenols is 1. The number of allylic oxidation sites excluding steroid dienone is 3. The number of carbonyl (C=O) groups excluding carboxylic acids is 1. The smallest absolute Gasteiger partial charge is 0.473 e. The highest BCUT2D eigenvalue weighted by Crippen LogP contribution is 2.50. The first-order valence-electron chi connectivity index (χ1n) is 13.5. The molecule has 0 aliphatic heterocycles. The minimum atomic E-state index is -4.49. The maximum atomic E-state index is 13.6. The van der Waals surface area contributed by atoms with Crippen LogP contribution < -0.4 is 4.74 Å². The van der Waals surface area contributed by atoms with Gasteiger partial charge in [-0.05, 0) is 89.3 Å². The summed E-state index contributed by atoms with van der Waals surface area (Å²) in [5.41, 5.74) is 3.60. The molecule has 7 nitrogen and oxygen atoms in total. The van der Waals surface area contributed by atoms with Crippen molar-refractivity contribution in [1.82, 2.24) is 0 Å². The molecule has 3 rings (SSSR count). The molecule has 8 heteroatoms. The zero-order valence-corrected chi connectivity index (χ0v) is 23.8. The number of carbonyl (C=O) groups is 1. The van der Waals surface area contributed by atoms with Crippen LogP contribution >= 0.6 is 7.82 Å². The Kier molecular flexibility index (Phi) is 10.2. The van der Waals surface area contributed by atoms with Gasteiger partial charge in [-0.25, -0.2) is 9.36 Å². The fourth-order valence-electron chi connectivity index (χ4n) is 5.61. The van der Waals surface area contributed by atoms with Crippen LogP contribution in [0.1, 0.15) is 96.6 Å². The van der Waals surface area contributed by atoms with Gasteiger partial charge < -0.3 is 14.7 Å². The molecule has 1 saturated carbocycles. The van der Waals surface area contributed by atoms with Gasteiger partial charge in [-0.15, -0.1) is 0 Å². The average Bonchev–Trinajstić information content (AvgIpc) is 3.31. The molecule has 206 valence electrons. The lowest BCUT2D eigenvalue weighted by Crippen LogP contribution is -2.35. The Balaban J connectivity index is 2.03. The van der Waals surface area contributed by atoms with E-state index in [9.17, 15) is 19.4 Å². The van der Waals surface area contributed by atoms with Gasteiger partial charge in [-0.2, -0.15) is 0 Å². The van der Waals surface area contributed by atoms with Crippen LogP contribution in [0.15, 0.2) is 35.9 Å². The van der Waals surface area contributed by atoms with Gasteiger partial charge in [0.1, 0.15) is 11.5 Å². The molecular weight excluding hydrogens is 491 g/mol. The van der Waals surface area contributed by atoms with E-state index < -0.39 is 26.0 Å². The molecule has 4 atom stereocenters. The Bertz CT molecular complexity index is 1050. The molecule has 2 unspecified atom stereocenters. The summed E-state index contributed by atoms with van der Waals surface area (Å²) in [6, 6.07) is 3.55. The molecule has 0 bridgehead atoms. The van der Waals surface area contributed by atoms with Crippen molar-refractivity contribution < 1.29 is 33.1 Å². The highest BCUT2D eigenvalue weighted by molar-refractivity contribution is 7.47. The summed E-state index contributed by atoms with van der Waals surface area (Å²) in [6.45, 7) is 13.5. The number of hydrogen-bond acceptors (Lipinski definition) is 6. The van der Waals surface area contributed by atoms with Crippen LogP contribution in [0.3, 0.4) is 0 Å². The lowest BCUT2D eigenvalue weighted by Gasteiger charge is -2.32. The fourth-order valence-corrected chi connectivity index (χ4v) is 6.74. The molecule has 0 heterocycles. The van der Waals surface area contributed by atoms with Crippen LogP contribution in [0.25, 0.3) is 0 Å². The van der Waals surface area contributed by atoms with Crippen LogP contribution in [-0.2, 0) is 24.8 Å². The zero-order chi connectivity index (χ0) is 27.3. The lowest BCUT2D eigenvalue weighted by atomic mass is 9.73. The second kappa shape index (κ2) is 12.8. The predicted molar refractivity (Wildman–Crippen MR) is 145 cm³/mol. The lowest BCUT2D eigenvalue weighted by molar-refractivity contribution is -0.146. The number of benzene rings is 1. The molecular formula is C29H43O7P. The number of rotatable bonds is 11. The summed E-state index contributed by atoms with van der Waals surface area (Å²) in [5.74, 6) is -0.775. The zero-order valence-electron chi connectivity index (χ0n) is 22.9. The maximum Gasteiger partial charge on any atom is 0.473 e. The standard InChI is InChI=1S/C29H43O7P/c1-7-10-21-16-25(30)27(24-15-20(6)13-14-23(24)18(2)3)26(17-21)34-29(31)28(22-11-8-9-12-22)36-37(32,33)35-19(4)5/h15-17,19,22-24,28,30H,2,7-14H2,1,3-6H3,(H,32,33)/t23-,24+,28?/m0/s1. The van der Waals surface area contributed by atoms with E-state index in [0.29, 0.717) is 24.8 Å². The van der Waals surface area contributed by atoms with Crippen LogP contribution in [0.4, 0.5) is 0 Å². The van der Waals surface area contributed by atoms with Gasteiger partial charge in [-0.1, -0.05) is 50.0 Å². The van der Waals surface area contributed by atoms with E-state index in [1.165, 1.54) is 5.57 Å². The molecule has 1 aromatic rings. The number of esters is 1. The van der Waals surface area contributed by atoms with Gasteiger partial charge >= 0.3 is 13.8 Å². The number of ether oxygens (including phenoxy) is 1. The summed E-state index contributed by atoms with van der Waals surface area (Å²) in [5, 5.41) is 11.2. The molecule has 2 aliphatic carbocycles. The molecule has 37 heavy (non-hydrogen) atoms. The first-order chi connectivity index (χ1) is 17.4. The molecule has 0 aromatic heterocycles. The second-order valence-corrected chi connectivity index (χ2v) is 12.3. The van der Waals surface area contributed by atoms with Crippen molar-refractivity contribution in [3.8, 4) is 11.5 Å². The van der Waals surface area contributed by atoms with Crippen molar-refractivity contribution in [1.29, 1.82) is 0 Å². The molecule has 0 spiro atoms. The summed E-state index contributed by atoms with van der Waals surface area (Å²) in [7, 11) is -4.49. The van der Waals surface area contributed by atoms with E-state index >= 15 is 0 Å². The number of aryl methyl sites for hydroxylation is 1. The number of phosphoric acid groups is 1. The van der Waals surface area contributed by atoms with Crippen molar-refractivity contribution in [2.75, 3.05) is 0 Å². The quantitative estimate of drug-likeness (QED) is 0.132. The molecule has 1 fully saturated rings. The minimum Gasteiger partial charge on any atom is -0.507 e. The van der Waals surface area contributed by atoms with Gasteiger partial charge in [0.25, 0.3) is 0 Å². The first kappa shape index (κ1) is 29.6. The molecule has 0 radical (unpaired) electrons. The number of hydrogen-bond donors (Lipinski definition) is 2. The van der Waals surface area contributed by atoms with Gasteiger partial charge in [0, 0.05) is 11.5 Å². The Morgan fingerprint density at radius 2 is 1.86 bits per heavy atom. The van der Waals surface area contributed by atoms with Gasteiger partial charge in [-0.3, -0.25) is 9.05 Å². The highest BCUT2D eigenvalue weighted by Gasteiger charge is 2.41. The monoisotopic (exact) mass is 534 g/mol. The normalized spacial score (nSPS) is 22.9. The van der Waals surface area contributed by atoms with Crippen molar-refractivity contribution in [3.63, 3.8) is 0 Å². The third-order valence-electron chi connectivity index (χ3n) is 7.29. The summed E-state index contributed by atoms with van der Waals surface area (Å²) in [6.07, 6.45) is 6.92. The van der Waals surface area contributed by atoms with Crippen molar-refractivity contribution in [2.45, 2.75) is 104 Å². The van der Waals surface area contributed by atoms with E-state index in [0.717, 1.165) is 43.2 Å². The summed E-state index contributed by atoms with van der Waals surface area (Å²) >= 11 is 0. The Morgan fingerprint density at radius 1 is 1.19 bits per heavy atom. The average molecular weight is 535 g/mol. The van der Waals surface area contributed by atoms with Gasteiger partial charge in [0.05, 0.1) is 6.10 Å². The molecule has 2 N–H and O–H groups in total. The minimum absolute atomic E-state index is 0.0743. The molecule has 0 saturated heterocycles. The second-order valence-electron chi connectivity index (χ2n) is 10.9. The number of phenolic OH excluding ortho intramolecular Hbond substituents is 1. The summed E-state index contributed by atoms with van der Waals surface area (Å²) in [4.78, 5) is 23.9. The molecule has 1 aromatic carbocycles. The Labute approximate surface area is 221 Å². The van der Waals surface area contributed by atoms with Crippen molar-refractivity contribution in [3.05, 3.63) is 47.1 Å². The van der Waals surface area contributed by atoms with Gasteiger partial charge in [0.15, 0.2) is 6.10 Å². The fraction of sp³-hybridized carbons (Fsp3) is 0.621. The third kappa shape index (κ3) is 7.79. The predicted octanol–water partition coefficient (Wildman–Crippen LogP) is 7.37. The topological polar surface area (TPSA) is 102 Å². The summed E-state index contributed by atoms with van der Waals surface area (Å²) < 4.78 is 29.2. The maximum absolute atomic E-state index is 13.6. The van der Waals surface area contributed by atoms with Crippen molar-refractivity contribution in [2.24, 2.45) is 11.8 Å². The van der Waals surface area contributed by atoms with Crippen LogP contribution in [0.2, 0.25) is 0 Å². The Hall–Kier alpha value is -1.92. The number of aromatic hydroxyl groups is 1. The molecule has 0 amide bonds.